The molecule has 0 bridgehead atoms. The zero-order valence-electron chi connectivity index (χ0n) is 15.6. The molecule has 148 valence electrons. The largest absolute Gasteiger partial charge is 0.494 e. The van der Waals surface area contributed by atoms with E-state index in [-0.39, 0.29) is 17.0 Å². The summed E-state index contributed by atoms with van der Waals surface area (Å²) in [6, 6.07) is 4.55. The van der Waals surface area contributed by atoms with E-state index in [1.807, 2.05) is 0 Å². The van der Waals surface area contributed by atoms with Crippen molar-refractivity contribution < 1.29 is 17.9 Å². The van der Waals surface area contributed by atoms with Gasteiger partial charge in [0.15, 0.2) is 0 Å². The Bertz CT molecular complexity index is 1240. The summed E-state index contributed by atoms with van der Waals surface area (Å²) in [5.74, 6) is -0.139. The second-order valence-corrected chi connectivity index (χ2v) is 8.89. The van der Waals surface area contributed by atoms with E-state index in [0.29, 0.717) is 26.3 Å². The lowest BCUT2D eigenvalue weighted by Crippen LogP contribution is -2.17. The smallest absolute Gasteiger partial charge is 0.266 e. The maximum Gasteiger partial charge on any atom is 0.266 e. The summed E-state index contributed by atoms with van der Waals surface area (Å²) in [5.41, 5.74) is 1.02. The molecule has 2 aromatic heterocycles. The lowest BCUT2D eigenvalue weighted by atomic mass is 10.2. The number of rotatable bonds is 5. The van der Waals surface area contributed by atoms with Crippen LogP contribution in [0, 0.1) is 6.92 Å². The second-order valence-electron chi connectivity index (χ2n) is 6.14. The minimum atomic E-state index is -3.47. The number of carbonyl (C=O) groups excluding carboxylic acids is 1. The van der Waals surface area contributed by atoms with E-state index >= 15 is 0 Å². The highest BCUT2D eigenvalue weighted by Gasteiger charge is 2.19. The van der Waals surface area contributed by atoms with E-state index in [2.05, 4.69) is 15.0 Å². The molecule has 0 aliphatic carbocycles. The predicted octanol–water partition coefficient (Wildman–Crippen LogP) is 1.94. The maximum atomic E-state index is 12.7. The normalized spacial score (nSPS) is 11.4. The topological polar surface area (TPSA) is 119 Å². The molecular formula is C17H18N4O5S2. The first kappa shape index (κ1) is 19.8. The van der Waals surface area contributed by atoms with Crippen molar-refractivity contribution in [3.63, 3.8) is 0 Å². The number of aryl methyl sites for hydroxylation is 2. The second kappa shape index (κ2) is 7.24. The van der Waals surface area contributed by atoms with Crippen molar-refractivity contribution in [2.75, 3.05) is 23.4 Å². The van der Waals surface area contributed by atoms with E-state index in [0.717, 1.165) is 17.6 Å². The Kier molecular flexibility index (Phi) is 5.13. The fraction of sp³-hybridized carbons (Fsp3) is 0.235. The Balaban J connectivity index is 1.93. The summed E-state index contributed by atoms with van der Waals surface area (Å²) in [7, 11) is -0.475. The molecule has 0 radical (unpaired) electrons. The van der Waals surface area contributed by atoms with Crippen molar-refractivity contribution >= 4 is 48.9 Å². The Labute approximate surface area is 165 Å². The van der Waals surface area contributed by atoms with E-state index in [4.69, 9.17) is 4.74 Å². The van der Waals surface area contributed by atoms with Gasteiger partial charge in [-0.05, 0) is 24.6 Å². The zero-order chi connectivity index (χ0) is 20.6. The average Bonchev–Trinajstić information content (AvgIpc) is 2.95. The van der Waals surface area contributed by atoms with Crippen LogP contribution >= 0.6 is 11.3 Å². The molecule has 1 amide bonds. The molecule has 28 heavy (non-hydrogen) atoms. The molecule has 0 aliphatic rings. The van der Waals surface area contributed by atoms with E-state index in [9.17, 15) is 18.0 Å². The maximum absolute atomic E-state index is 12.7. The van der Waals surface area contributed by atoms with Gasteiger partial charge in [0, 0.05) is 18.8 Å². The highest BCUT2D eigenvalue weighted by Crippen LogP contribution is 2.31. The molecule has 0 spiro atoms. The first-order chi connectivity index (χ1) is 13.1. The summed E-state index contributed by atoms with van der Waals surface area (Å²) in [5, 5.41) is 3.16. The van der Waals surface area contributed by atoms with Crippen LogP contribution in [0.1, 0.15) is 15.2 Å². The number of anilines is 2. The summed E-state index contributed by atoms with van der Waals surface area (Å²) < 4.78 is 31.7. The molecule has 0 atom stereocenters. The number of fused-ring (bicyclic) bond motifs is 1. The number of methoxy groups -OCH3 is 1. The van der Waals surface area contributed by atoms with Gasteiger partial charge < -0.3 is 14.6 Å². The third-order valence-electron chi connectivity index (χ3n) is 3.97. The van der Waals surface area contributed by atoms with Crippen LogP contribution in [-0.2, 0) is 17.1 Å². The van der Waals surface area contributed by atoms with Crippen LogP contribution in [0.4, 0.5) is 11.4 Å². The lowest BCUT2D eigenvalue weighted by molar-refractivity contribution is 0.103. The number of aromatic nitrogens is 2. The number of sulfonamides is 1. The first-order valence-corrected chi connectivity index (χ1v) is 10.7. The molecular weight excluding hydrogens is 404 g/mol. The molecule has 3 aromatic rings. The SMILES string of the molecule is COc1cc(NC(=O)c2sc3ncn(C)c(=O)c3c2C)ccc1NS(C)(=O)=O. The highest BCUT2D eigenvalue weighted by molar-refractivity contribution is 7.92. The minimum absolute atomic E-state index is 0.212. The Morgan fingerprint density at radius 2 is 2.04 bits per heavy atom. The van der Waals surface area contributed by atoms with Gasteiger partial charge in [0.05, 0.1) is 35.6 Å². The van der Waals surface area contributed by atoms with Crippen molar-refractivity contribution in [3.05, 3.63) is 45.3 Å². The van der Waals surface area contributed by atoms with Crippen LogP contribution in [0.15, 0.2) is 29.3 Å². The van der Waals surface area contributed by atoms with Crippen LogP contribution in [0.25, 0.3) is 10.2 Å². The van der Waals surface area contributed by atoms with Gasteiger partial charge in [-0.3, -0.25) is 14.3 Å². The van der Waals surface area contributed by atoms with Gasteiger partial charge in [-0.25, -0.2) is 13.4 Å². The van der Waals surface area contributed by atoms with Crippen LogP contribution in [0.3, 0.4) is 0 Å². The van der Waals surface area contributed by atoms with Crippen molar-refractivity contribution in [2.24, 2.45) is 7.05 Å². The van der Waals surface area contributed by atoms with Crippen LogP contribution in [0.2, 0.25) is 0 Å². The summed E-state index contributed by atoms with van der Waals surface area (Å²) in [6.45, 7) is 1.70. The number of thiophene rings is 1. The lowest BCUT2D eigenvalue weighted by Gasteiger charge is -2.12. The van der Waals surface area contributed by atoms with Gasteiger partial charge in [-0.15, -0.1) is 11.3 Å². The van der Waals surface area contributed by atoms with Gasteiger partial charge >= 0.3 is 0 Å². The molecule has 0 saturated heterocycles. The zero-order valence-corrected chi connectivity index (χ0v) is 17.2. The van der Waals surface area contributed by atoms with E-state index in [1.165, 1.54) is 30.1 Å². The van der Waals surface area contributed by atoms with Gasteiger partial charge in [-0.1, -0.05) is 0 Å². The third-order valence-corrected chi connectivity index (χ3v) is 5.76. The Morgan fingerprint density at radius 3 is 2.68 bits per heavy atom. The number of hydrogen-bond acceptors (Lipinski definition) is 7. The van der Waals surface area contributed by atoms with Crippen molar-refractivity contribution in [3.8, 4) is 5.75 Å². The summed E-state index contributed by atoms with van der Waals surface area (Å²) in [4.78, 5) is 30.1. The first-order valence-electron chi connectivity index (χ1n) is 8.02. The van der Waals surface area contributed by atoms with E-state index < -0.39 is 15.9 Å². The molecule has 0 fully saturated rings. The predicted molar refractivity (Wildman–Crippen MR) is 109 cm³/mol. The quantitative estimate of drug-likeness (QED) is 0.648. The average molecular weight is 422 g/mol. The molecule has 2 N–H and O–H groups in total. The third kappa shape index (κ3) is 3.85. The fourth-order valence-electron chi connectivity index (χ4n) is 2.67. The van der Waals surface area contributed by atoms with Crippen molar-refractivity contribution in [1.82, 2.24) is 9.55 Å². The molecule has 9 nitrogen and oxygen atoms in total. The van der Waals surface area contributed by atoms with Crippen molar-refractivity contribution in [1.29, 1.82) is 0 Å². The molecule has 0 saturated carbocycles. The number of hydrogen-bond donors (Lipinski definition) is 2. The number of nitrogens with one attached hydrogen (secondary N) is 2. The minimum Gasteiger partial charge on any atom is -0.494 e. The van der Waals surface area contributed by atoms with Gasteiger partial charge in [-0.2, -0.15) is 0 Å². The summed E-state index contributed by atoms with van der Waals surface area (Å²) in [6.07, 6.45) is 2.45. The number of benzene rings is 1. The Morgan fingerprint density at radius 1 is 1.32 bits per heavy atom. The van der Waals surface area contributed by atoms with Crippen molar-refractivity contribution in [2.45, 2.75) is 6.92 Å². The molecule has 3 rings (SSSR count). The molecule has 11 heteroatoms. The molecule has 0 aliphatic heterocycles. The standard InChI is InChI=1S/C17H18N4O5S2/c1-9-13-16(18-8-21(2)17(13)23)27-14(9)15(22)19-10-5-6-11(12(7-10)26-3)20-28(4,24)25/h5-8,20H,1-4H3,(H,19,22). The number of amides is 1. The summed E-state index contributed by atoms with van der Waals surface area (Å²) >= 11 is 1.14. The monoisotopic (exact) mass is 422 g/mol. The molecule has 1 aromatic carbocycles. The Hall–Kier alpha value is -2.92. The number of carbonyl (C=O) groups is 1. The molecule has 0 unspecified atom stereocenters. The van der Waals surface area contributed by atoms with Gasteiger partial charge in [0.25, 0.3) is 11.5 Å². The van der Waals surface area contributed by atoms with Crippen LogP contribution < -0.4 is 20.3 Å². The molecule has 2 heterocycles. The van der Waals surface area contributed by atoms with Crippen LogP contribution in [0.5, 0.6) is 5.75 Å². The fourth-order valence-corrected chi connectivity index (χ4v) is 4.27. The van der Waals surface area contributed by atoms with Gasteiger partial charge in [0.1, 0.15) is 10.6 Å². The number of nitrogens with zero attached hydrogens (tertiary/aromatic N) is 2. The van der Waals surface area contributed by atoms with Crippen LogP contribution in [-0.4, -0.2) is 37.2 Å². The van der Waals surface area contributed by atoms with Gasteiger partial charge in [0.2, 0.25) is 10.0 Å². The number of ether oxygens (including phenoxy) is 1. The van der Waals surface area contributed by atoms with E-state index in [1.54, 1.807) is 20.0 Å². The highest BCUT2D eigenvalue weighted by atomic mass is 32.2.